The fraction of sp³-hybridized carbons (Fsp3) is 0.111. The van der Waals surface area contributed by atoms with E-state index in [9.17, 15) is 19.8 Å². The van der Waals surface area contributed by atoms with E-state index < -0.39 is 11.8 Å². The third kappa shape index (κ3) is 3.65. The van der Waals surface area contributed by atoms with Crippen LogP contribution >= 0.6 is 11.6 Å². The number of phenols is 1. The lowest BCUT2D eigenvalue weighted by Crippen LogP contribution is -2.13. The molecule has 0 bridgehead atoms. The first-order valence-corrected chi connectivity index (χ1v) is 7.65. The Kier molecular flexibility index (Phi) is 4.74. The zero-order valence-electron chi connectivity index (χ0n) is 12.9. The van der Waals surface area contributed by atoms with Crippen LogP contribution in [0.4, 0.5) is 0 Å². The van der Waals surface area contributed by atoms with E-state index >= 15 is 0 Å². The molecule has 0 aromatic heterocycles. The number of rotatable bonds is 4. The van der Waals surface area contributed by atoms with Crippen molar-refractivity contribution in [2.75, 3.05) is 6.79 Å². The number of aromatic carboxylic acids is 1. The second kappa shape index (κ2) is 6.96. The topological polar surface area (TPSA) is 93.1 Å². The van der Waals surface area contributed by atoms with Gasteiger partial charge in [-0.3, -0.25) is 4.79 Å². The second-order valence-electron chi connectivity index (χ2n) is 5.33. The van der Waals surface area contributed by atoms with E-state index in [4.69, 9.17) is 21.1 Å². The molecule has 6 nitrogen and oxygen atoms in total. The van der Waals surface area contributed by atoms with Gasteiger partial charge in [0, 0.05) is 16.1 Å². The fourth-order valence-electron chi connectivity index (χ4n) is 2.46. The normalized spacial score (nSPS) is 13.3. The summed E-state index contributed by atoms with van der Waals surface area (Å²) in [6, 6.07) is 7.04. The molecule has 1 heterocycles. The van der Waals surface area contributed by atoms with E-state index in [1.54, 1.807) is 0 Å². The summed E-state index contributed by atoms with van der Waals surface area (Å²) in [4.78, 5) is 23.6. The number of carboxylic acids is 1. The number of hydrogen-bond acceptors (Lipinski definition) is 5. The molecule has 1 aliphatic rings. The Balaban J connectivity index is 1.97. The number of phenolic OH excluding ortho intramolecular Hbond substituents is 1. The number of hydrogen-bond donors (Lipinski definition) is 2. The molecule has 2 N–H and O–H groups in total. The van der Waals surface area contributed by atoms with Crippen molar-refractivity contribution in [2.24, 2.45) is 0 Å². The maximum atomic E-state index is 12.3. The molecule has 0 radical (unpaired) electrons. The van der Waals surface area contributed by atoms with Crippen molar-refractivity contribution in [3.8, 4) is 11.5 Å². The van der Waals surface area contributed by atoms with Gasteiger partial charge in [-0.2, -0.15) is 0 Å². The van der Waals surface area contributed by atoms with Gasteiger partial charge < -0.3 is 19.7 Å². The summed E-state index contributed by atoms with van der Waals surface area (Å²) < 4.78 is 10.6. The molecule has 1 aliphatic heterocycles. The molecule has 0 atom stereocenters. The summed E-state index contributed by atoms with van der Waals surface area (Å²) in [6.07, 6.45) is 2.67. The van der Waals surface area contributed by atoms with E-state index in [0.717, 1.165) is 0 Å². The van der Waals surface area contributed by atoms with Crippen molar-refractivity contribution in [1.29, 1.82) is 0 Å². The first kappa shape index (κ1) is 17.0. The lowest BCUT2D eigenvalue weighted by atomic mass is 10.0. The number of carbonyl (C=O) groups is 2. The molecule has 0 saturated carbocycles. The summed E-state index contributed by atoms with van der Waals surface area (Å²) in [5.41, 5.74) is 1.14. The van der Waals surface area contributed by atoms with Crippen LogP contribution in [-0.4, -0.2) is 28.8 Å². The summed E-state index contributed by atoms with van der Waals surface area (Å²) in [5, 5.41) is 19.3. The largest absolute Gasteiger partial charge is 0.507 e. The van der Waals surface area contributed by atoms with E-state index in [1.165, 1.54) is 42.5 Å². The van der Waals surface area contributed by atoms with Crippen LogP contribution < -0.4 is 4.74 Å². The summed E-state index contributed by atoms with van der Waals surface area (Å²) >= 11 is 5.84. The third-order valence-electron chi connectivity index (χ3n) is 3.62. The van der Waals surface area contributed by atoms with Gasteiger partial charge in [0.15, 0.2) is 12.6 Å². The third-order valence-corrected chi connectivity index (χ3v) is 3.86. The fourth-order valence-corrected chi connectivity index (χ4v) is 2.63. The molecule has 0 fully saturated rings. The summed E-state index contributed by atoms with van der Waals surface area (Å²) in [6.45, 7) is 0.267. The SMILES string of the molecule is O=C(O)c1cc(/C=C/C(=O)c2cc(Cl)ccc2O)c2c(c1)COCO2. The monoisotopic (exact) mass is 360 g/mol. The minimum Gasteiger partial charge on any atom is -0.507 e. The van der Waals surface area contributed by atoms with Gasteiger partial charge >= 0.3 is 5.97 Å². The molecule has 128 valence electrons. The highest BCUT2D eigenvalue weighted by molar-refractivity contribution is 6.31. The Morgan fingerprint density at radius 3 is 2.76 bits per heavy atom. The molecule has 0 spiro atoms. The highest BCUT2D eigenvalue weighted by Gasteiger charge is 2.18. The number of carbonyl (C=O) groups excluding carboxylic acids is 1. The molecule has 2 aromatic rings. The Morgan fingerprint density at radius 1 is 1.20 bits per heavy atom. The summed E-state index contributed by atoms with van der Waals surface area (Å²) in [7, 11) is 0. The van der Waals surface area contributed by atoms with Gasteiger partial charge in [-0.05, 0) is 42.5 Å². The number of ketones is 1. The Labute approximate surface area is 147 Å². The minimum absolute atomic E-state index is 0.0449. The van der Waals surface area contributed by atoms with Crippen molar-refractivity contribution in [3.05, 3.63) is 63.7 Å². The van der Waals surface area contributed by atoms with Gasteiger partial charge in [0.1, 0.15) is 11.5 Å². The van der Waals surface area contributed by atoms with E-state index in [-0.39, 0.29) is 30.3 Å². The van der Waals surface area contributed by atoms with Crippen LogP contribution in [0.25, 0.3) is 6.08 Å². The molecule has 0 aliphatic carbocycles. The van der Waals surface area contributed by atoms with Gasteiger partial charge in [-0.1, -0.05) is 11.6 Å². The van der Waals surface area contributed by atoms with E-state index in [0.29, 0.717) is 21.9 Å². The highest BCUT2D eigenvalue weighted by atomic mass is 35.5. The predicted molar refractivity (Wildman–Crippen MR) is 90.2 cm³/mol. The van der Waals surface area contributed by atoms with Crippen LogP contribution in [0.5, 0.6) is 11.5 Å². The molecule has 2 aromatic carbocycles. The maximum Gasteiger partial charge on any atom is 0.335 e. The number of ether oxygens (including phenoxy) is 2. The number of halogens is 1. The number of fused-ring (bicyclic) bond motifs is 1. The van der Waals surface area contributed by atoms with E-state index in [2.05, 4.69) is 0 Å². The van der Waals surface area contributed by atoms with Gasteiger partial charge in [0.2, 0.25) is 0 Å². The quantitative estimate of drug-likeness (QED) is 0.640. The first-order valence-electron chi connectivity index (χ1n) is 7.27. The lowest BCUT2D eigenvalue weighted by Gasteiger charge is -2.20. The predicted octanol–water partition coefficient (Wildman–Crippen LogP) is 3.51. The molecular formula is C18H13ClO6. The molecule has 25 heavy (non-hydrogen) atoms. The van der Waals surface area contributed by atoms with Crippen LogP contribution in [0.2, 0.25) is 5.02 Å². The Hall–Kier alpha value is -2.83. The molecule has 7 heteroatoms. The summed E-state index contributed by atoms with van der Waals surface area (Å²) in [5.74, 6) is -1.29. The van der Waals surface area contributed by atoms with Crippen LogP contribution in [0.15, 0.2) is 36.4 Å². The van der Waals surface area contributed by atoms with Gasteiger partial charge in [0.05, 0.1) is 17.7 Å². The van der Waals surface area contributed by atoms with Crippen LogP contribution in [0.1, 0.15) is 31.8 Å². The standard InChI is InChI=1S/C18H13ClO6/c19-13-2-4-16(21)14(7-13)15(20)3-1-10-5-11(18(22)23)6-12-8-24-9-25-17(10)12/h1-7,21H,8-9H2,(H,22,23)/b3-1+. The number of aromatic hydroxyl groups is 1. The average Bonchev–Trinajstić information content (AvgIpc) is 2.61. The molecule has 0 unspecified atom stereocenters. The smallest absolute Gasteiger partial charge is 0.335 e. The van der Waals surface area contributed by atoms with Crippen molar-refractivity contribution in [2.45, 2.75) is 6.61 Å². The zero-order valence-corrected chi connectivity index (χ0v) is 13.6. The van der Waals surface area contributed by atoms with Crippen LogP contribution in [0.3, 0.4) is 0 Å². The number of allylic oxidation sites excluding steroid dienone is 1. The second-order valence-corrected chi connectivity index (χ2v) is 5.77. The number of carboxylic acid groups (broad SMARTS) is 1. The Morgan fingerprint density at radius 2 is 2.00 bits per heavy atom. The van der Waals surface area contributed by atoms with Crippen LogP contribution in [-0.2, 0) is 11.3 Å². The van der Waals surface area contributed by atoms with Crippen molar-refractivity contribution < 1.29 is 29.3 Å². The minimum atomic E-state index is -1.10. The average molecular weight is 361 g/mol. The van der Waals surface area contributed by atoms with Crippen molar-refractivity contribution >= 4 is 29.4 Å². The van der Waals surface area contributed by atoms with Gasteiger partial charge in [0.25, 0.3) is 0 Å². The zero-order chi connectivity index (χ0) is 18.0. The highest BCUT2D eigenvalue weighted by Crippen LogP contribution is 2.31. The van der Waals surface area contributed by atoms with Crippen molar-refractivity contribution in [3.63, 3.8) is 0 Å². The Bertz CT molecular complexity index is 887. The molecule has 0 saturated heterocycles. The van der Waals surface area contributed by atoms with Gasteiger partial charge in [-0.25, -0.2) is 4.79 Å². The van der Waals surface area contributed by atoms with Crippen LogP contribution in [0, 0.1) is 0 Å². The van der Waals surface area contributed by atoms with E-state index in [1.807, 2.05) is 0 Å². The van der Waals surface area contributed by atoms with Gasteiger partial charge in [-0.15, -0.1) is 0 Å². The molecule has 3 rings (SSSR count). The first-order chi connectivity index (χ1) is 12.0. The van der Waals surface area contributed by atoms with Crippen molar-refractivity contribution in [1.82, 2.24) is 0 Å². The number of benzene rings is 2. The maximum absolute atomic E-state index is 12.3. The molecule has 0 amide bonds. The lowest BCUT2D eigenvalue weighted by molar-refractivity contribution is -0.0165. The molecular weight excluding hydrogens is 348 g/mol.